The molecule has 0 fully saturated rings. The predicted octanol–water partition coefficient (Wildman–Crippen LogP) is 2.53. The number of halogens is 1. The predicted molar refractivity (Wildman–Crippen MR) is 120 cm³/mol. The maximum atomic E-state index is 12.2. The fourth-order valence-corrected chi connectivity index (χ4v) is 3.50. The zero-order valence-corrected chi connectivity index (χ0v) is 18.5. The van der Waals surface area contributed by atoms with Crippen molar-refractivity contribution >= 4 is 51.3 Å². The monoisotopic (exact) mass is 519 g/mol. The number of rotatable bonds is 7. The minimum Gasteiger partial charge on any atom is -0.370 e. The molecule has 0 saturated carbocycles. The highest BCUT2D eigenvalue weighted by molar-refractivity contribution is 14.0. The number of hydrogen-bond donors (Lipinski definition) is 3. The smallest absolute Gasteiger partial charge is 0.270 e. The number of nitro benzene ring substituents is 1. The normalized spacial score (nSPS) is 11.6. The summed E-state index contributed by atoms with van der Waals surface area (Å²) in [6, 6.07) is 10.7. The van der Waals surface area contributed by atoms with Crippen molar-refractivity contribution in [2.75, 3.05) is 18.4 Å². The Bertz CT molecular complexity index is 959. The van der Waals surface area contributed by atoms with Gasteiger partial charge in [-0.1, -0.05) is 12.1 Å². The number of benzene rings is 2. The molecule has 0 saturated heterocycles. The Hall–Kier alpha value is -2.25. The number of guanidine groups is 1. The number of nitrogens with one attached hydrogen (secondary N) is 2. The lowest BCUT2D eigenvalue weighted by Gasteiger charge is -2.08. The van der Waals surface area contributed by atoms with Crippen molar-refractivity contribution in [2.45, 2.75) is 18.7 Å². The molecule has 0 aliphatic heterocycles. The molecule has 0 radical (unpaired) electrons. The van der Waals surface area contributed by atoms with Crippen molar-refractivity contribution in [3.8, 4) is 0 Å². The zero-order chi connectivity index (χ0) is 20.0. The van der Waals surface area contributed by atoms with E-state index in [2.05, 4.69) is 15.0 Å². The third-order valence-corrected chi connectivity index (χ3v) is 4.98. The topological polar surface area (TPSA) is 140 Å². The lowest BCUT2D eigenvalue weighted by Crippen LogP contribution is -2.28. The first-order valence-corrected chi connectivity index (χ1v) is 9.55. The summed E-state index contributed by atoms with van der Waals surface area (Å²) in [6.07, 6.45) is 0. The molecule has 0 spiro atoms. The number of nitro groups is 1. The van der Waals surface area contributed by atoms with E-state index in [0.29, 0.717) is 0 Å². The molecule has 0 heterocycles. The fraction of sp³-hybridized carbons (Fsp3) is 0.235. The SMILES string of the molecule is Cc1cc(C)cc(NC(N)=NCCNS(=O)(=O)c2cccc([N+](=O)[O-])c2)c1.I. The van der Waals surface area contributed by atoms with E-state index >= 15 is 0 Å². The van der Waals surface area contributed by atoms with Crippen LogP contribution in [0.5, 0.6) is 0 Å². The number of hydrogen-bond acceptors (Lipinski definition) is 5. The second-order valence-corrected chi connectivity index (χ2v) is 7.69. The molecule has 0 atom stereocenters. The lowest BCUT2D eigenvalue weighted by atomic mass is 10.1. The quantitative estimate of drug-likeness (QED) is 0.128. The first kappa shape index (κ1) is 23.8. The number of anilines is 1. The summed E-state index contributed by atoms with van der Waals surface area (Å²) >= 11 is 0. The van der Waals surface area contributed by atoms with Crippen molar-refractivity contribution in [3.05, 3.63) is 63.7 Å². The summed E-state index contributed by atoms with van der Waals surface area (Å²) in [4.78, 5) is 14.0. The molecule has 0 unspecified atom stereocenters. The molecule has 0 amide bonds. The summed E-state index contributed by atoms with van der Waals surface area (Å²) in [5, 5.41) is 13.7. The molecule has 0 aliphatic rings. The third-order valence-electron chi connectivity index (χ3n) is 3.52. The Morgan fingerprint density at radius 3 is 2.43 bits per heavy atom. The summed E-state index contributed by atoms with van der Waals surface area (Å²) in [5.74, 6) is 0.162. The number of nitrogens with zero attached hydrogens (tertiary/aromatic N) is 2. The van der Waals surface area contributed by atoms with Crippen molar-refractivity contribution in [3.63, 3.8) is 0 Å². The van der Waals surface area contributed by atoms with Gasteiger partial charge in [0.25, 0.3) is 5.69 Å². The summed E-state index contributed by atoms with van der Waals surface area (Å²) < 4.78 is 26.7. The van der Waals surface area contributed by atoms with Gasteiger partial charge in [-0.15, -0.1) is 24.0 Å². The molecule has 0 aromatic heterocycles. The number of sulfonamides is 1. The van der Waals surface area contributed by atoms with Crippen LogP contribution in [0.25, 0.3) is 0 Å². The maximum Gasteiger partial charge on any atom is 0.270 e. The average Bonchev–Trinajstić information content (AvgIpc) is 2.58. The van der Waals surface area contributed by atoms with Crippen LogP contribution in [0.4, 0.5) is 11.4 Å². The van der Waals surface area contributed by atoms with Gasteiger partial charge in [0.2, 0.25) is 10.0 Å². The van der Waals surface area contributed by atoms with Crippen LogP contribution < -0.4 is 15.8 Å². The van der Waals surface area contributed by atoms with Crippen molar-refractivity contribution in [1.29, 1.82) is 0 Å². The van der Waals surface area contributed by atoms with Gasteiger partial charge < -0.3 is 11.1 Å². The molecule has 2 aromatic carbocycles. The van der Waals surface area contributed by atoms with E-state index in [0.717, 1.165) is 22.9 Å². The van der Waals surface area contributed by atoms with Gasteiger partial charge in [-0.2, -0.15) is 0 Å². The van der Waals surface area contributed by atoms with Gasteiger partial charge in [-0.25, -0.2) is 13.1 Å². The van der Waals surface area contributed by atoms with E-state index < -0.39 is 14.9 Å². The Morgan fingerprint density at radius 1 is 1.18 bits per heavy atom. The largest absolute Gasteiger partial charge is 0.370 e. The number of aliphatic imine (C=N–C) groups is 1. The Kier molecular flexibility index (Phi) is 8.78. The number of aryl methyl sites for hydroxylation is 2. The van der Waals surface area contributed by atoms with Crippen LogP contribution in [-0.2, 0) is 10.0 Å². The lowest BCUT2D eigenvalue weighted by molar-refractivity contribution is -0.385. The summed E-state index contributed by atoms with van der Waals surface area (Å²) in [7, 11) is -3.87. The number of non-ortho nitro benzene ring substituents is 1. The molecule has 0 aliphatic carbocycles. The molecule has 0 bridgehead atoms. The highest BCUT2D eigenvalue weighted by Gasteiger charge is 2.16. The maximum absolute atomic E-state index is 12.2. The molecule has 28 heavy (non-hydrogen) atoms. The van der Waals surface area contributed by atoms with Gasteiger partial charge in [0.15, 0.2) is 5.96 Å². The van der Waals surface area contributed by atoms with Crippen LogP contribution in [0.1, 0.15) is 11.1 Å². The third kappa shape index (κ3) is 7.05. The van der Waals surface area contributed by atoms with Crippen molar-refractivity contribution < 1.29 is 13.3 Å². The summed E-state index contributed by atoms with van der Waals surface area (Å²) in [6.45, 7) is 4.04. The minimum absolute atomic E-state index is 0. The van der Waals surface area contributed by atoms with Gasteiger partial charge in [0.05, 0.1) is 16.4 Å². The first-order valence-electron chi connectivity index (χ1n) is 8.07. The van der Waals surface area contributed by atoms with Gasteiger partial charge in [0, 0.05) is 24.4 Å². The van der Waals surface area contributed by atoms with Gasteiger partial charge in [-0.3, -0.25) is 15.1 Å². The number of nitrogens with two attached hydrogens (primary N) is 1. The minimum atomic E-state index is -3.87. The summed E-state index contributed by atoms with van der Waals surface area (Å²) in [5.41, 5.74) is 8.47. The van der Waals surface area contributed by atoms with Crippen molar-refractivity contribution in [2.24, 2.45) is 10.7 Å². The van der Waals surface area contributed by atoms with Crippen LogP contribution in [0, 0.1) is 24.0 Å². The zero-order valence-electron chi connectivity index (χ0n) is 15.4. The van der Waals surface area contributed by atoms with E-state index in [1.165, 1.54) is 18.2 Å². The first-order chi connectivity index (χ1) is 12.7. The molecule has 2 aromatic rings. The molecule has 152 valence electrons. The molecular formula is C17H22IN5O4S. The molecule has 4 N–H and O–H groups in total. The van der Waals surface area contributed by atoms with E-state index in [9.17, 15) is 18.5 Å². The van der Waals surface area contributed by atoms with Gasteiger partial charge in [-0.05, 0) is 43.2 Å². The fourth-order valence-electron chi connectivity index (χ4n) is 2.44. The van der Waals surface area contributed by atoms with E-state index in [-0.39, 0.29) is 53.6 Å². The van der Waals surface area contributed by atoms with Gasteiger partial charge >= 0.3 is 0 Å². The highest BCUT2D eigenvalue weighted by Crippen LogP contribution is 2.17. The molecule has 11 heteroatoms. The van der Waals surface area contributed by atoms with E-state index in [1.54, 1.807) is 0 Å². The van der Waals surface area contributed by atoms with Crippen LogP contribution in [0.3, 0.4) is 0 Å². The van der Waals surface area contributed by atoms with Crippen molar-refractivity contribution in [1.82, 2.24) is 4.72 Å². The Morgan fingerprint density at radius 2 is 1.82 bits per heavy atom. The van der Waals surface area contributed by atoms with Crippen LogP contribution in [0.2, 0.25) is 0 Å². The molecule has 9 nitrogen and oxygen atoms in total. The average molecular weight is 519 g/mol. The van der Waals surface area contributed by atoms with E-state index in [1.807, 2.05) is 32.0 Å². The van der Waals surface area contributed by atoms with Crippen LogP contribution in [-0.4, -0.2) is 32.4 Å². The van der Waals surface area contributed by atoms with Crippen LogP contribution in [0.15, 0.2) is 52.4 Å². The second kappa shape index (κ2) is 10.3. The second-order valence-electron chi connectivity index (χ2n) is 5.92. The van der Waals surface area contributed by atoms with Crippen LogP contribution >= 0.6 is 24.0 Å². The highest BCUT2D eigenvalue weighted by atomic mass is 127. The molecule has 2 rings (SSSR count). The Balaban J connectivity index is 0.00000392. The Labute approximate surface area is 180 Å². The van der Waals surface area contributed by atoms with E-state index in [4.69, 9.17) is 5.73 Å². The van der Waals surface area contributed by atoms with Gasteiger partial charge in [0.1, 0.15) is 0 Å². The molecular weight excluding hydrogens is 497 g/mol. The standard InChI is InChI=1S/C17H21N5O4S.HI/c1-12-8-13(2)10-14(9-12)21-17(18)19-6-7-20-27(25,26)16-5-3-4-15(11-16)22(23)24;/h3-5,8-11,20H,6-7H2,1-2H3,(H3,18,19,21);1H.